The van der Waals surface area contributed by atoms with Crippen molar-refractivity contribution in [2.45, 2.75) is 64.7 Å². The number of nitrogens with one attached hydrogen (secondary N) is 1. The van der Waals surface area contributed by atoms with Crippen LogP contribution in [0, 0.1) is 12.3 Å². The molecule has 4 aliphatic rings. The third-order valence-electron chi connectivity index (χ3n) is 8.82. The van der Waals surface area contributed by atoms with E-state index in [-0.39, 0.29) is 17.2 Å². The molecule has 3 fully saturated rings. The van der Waals surface area contributed by atoms with Crippen molar-refractivity contribution in [3.63, 3.8) is 0 Å². The zero-order valence-electron chi connectivity index (χ0n) is 22.5. The fraction of sp³-hybridized carbons (Fsp3) is 0.567. The van der Waals surface area contributed by atoms with Gasteiger partial charge in [0.25, 0.3) is 0 Å². The molecule has 38 heavy (non-hydrogen) atoms. The minimum atomic E-state index is -0.0230. The van der Waals surface area contributed by atoms with Crippen LogP contribution in [0.3, 0.4) is 0 Å². The summed E-state index contributed by atoms with van der Waals surface area (Å²) >= 11 is 1.79. The van der Waals surface area contributed by atoms with Gasteiger partial charge in [-0.3, -0.25) is 19.4 Å². The molecule has 1 aromatic heterocycles. The molecular weight excluding hydrogens is 494 g/mol. The van der Waals surface area contributed by atoms with E-state index in [9.17, 15) is 9.59 Å². The largest absolute Gasteiger partial charge is 0.353 e. The molecule has 0 atom stereocenters. The number of aryl methyl sites for hydroxylation is 1. The van der Waals surface area contributed by atoms with E-state index < -0.39 is 0 Å². The predicted octanol–water partition coefficient (Wildman–Crippen LogP) is 5.69. The number of amidine groups is 1. The zero-order valence-corrected chi connectivity index (χ0v) is 23.3. The molecule has 4 heterocycles. The Labute approximate surface area is 229 Å². The van der Waals surface area contributed by atoms with Gasteiger partial charge in [-0.1, -0.05) is 31.4 Å². The Hall–Kier alpha value is -2.71. The van der Waals surface area contributed by atoms with Gasteiger partial charge < -0.3 is 10.2 Å². The molecule has 202 valence electrons. The predicted molar refractivity (Wildman–Crippen MR) is 154 cm³/mol. The minimum Gasteiger partial charge on any atom is -0.353 e. The van der Waals surface area contributed by atoms with Crippen LogP contribution in [0.2, 0.25) is 0 Å². The Balaban J connectivity index is 1.00. The van der Waals surface area contributed by atoms with Gasteiger partial charge in [0.2, 0.25) is 11.8 Å². The van der Waals surface area contributed by atoms with Gasteiger partial charge in [0.15, 0.2) is 0 Å². The molecule has 1 saturated carbocycles. The first-order chi connectivity index (χ1) is 18.5. The summed E-state index contributed by atoms with van der Waals surface area (Å²) in [6.45, 7) is 7.63. The molecule has 3 aliphatic heterocycles. The number of unbranched alkanes of at least 4 members (excludes halogenated alkanes) is 1. The van der Waals surface area contributed by atoms with Gasteiger partial charge in [0.1, 0.15) is 10.8 Å². The van der Waals surface area contributed by atoms with Crippen molar-refractivity contribution in [3.8, 4) is 0 Å². The molecular formula is C30H39N5O2S. The third kappa shape index (κ3) is 5.25. The smallest absolute Gasteiger partial charge is 0.229 e. The van der Waals surface area contributed by atoms with Gasteiger partial charge in [-0.05, 0) is 62.8 Å². The van der Waals surface area contributed by atoms with Crippen LogP contribution in [0.4, 0.5) is 16.4 Å². The summed E-state index contributed by atoms with van der Waals surface area (Å²) in [4.78, 5) is 38.6. The molecule has 2 aromatic rings. The third-order valence-corrected chi connectivity index (χ3v) is 9.79. The van der Waals surface area contributed by atoms with Crippen LogP contribution in [0.25, 0.3) is 0 Å². The molecule has 1 spiro atoms. The lowest BCUT2D eigenvalue weighted by Crippen LogP contribution is -2.49. The first-order valence-corrected chi connectivity index (χ1v) is 15.2. The maximum Gasteiger partial charge on any atom is 0.229 e. The molecule has 0 bridgehead atoms. The van der Waals surface area contributed by atoms with Gasteiger partial charge in [-0.2, -0.15) is 0 Å². The quantitative estimate of drug-likeness (QED) is 0.395. The number of piperazine rings is 1. The summed E-state index contributed by atoms with van der Waals surface area (Å²) in [5.41, 5.74) is 3.22. The number of anilines is 2. The van der Waals surface area contributed by atoms with Crippen LogP contribution < -0.4 is 5.32 Å². The van der Waals surface area contributed by atoms with Crippen LogP contribution >= 0.6 is 11.3 Å². The Morgan fingerprint density at radius 3 is 2.42 bits per heavy atom. The number of fused-ring (bicyclic) bond motifs is 2. The van der Waals surface area contributed by atoms with Crippen molar-refractivity contribution in [2.75, 3.05) is 44.6 Å². The molecule has 8 heteroatoms. The fourth-order valence-electron chi connectivity index (χ4n) is 6.72. The SMILES string of the molecule is Cc1cc2c(s1)Nc1ccccc1N=C2N1CCN(CCCCN2C(=O)CC3(CCCCC3)CC2=O)CC1. The lowest BCUT2D eigenvalue weighted by atomic mass is 9.67. The standard InChI is InChI=1S/C30H39N5O2S/c1-22-19-23-28(31-24-9-3-4-10-25(24)32-29(23)38-22)34-17-15-33(16-18-34)13-7-8-14-35-26(36)20-30(21-27(35)37)11-5-2-6-12-30/h3-4,9-10,19,32H,2,5-8,11-18,20-21H2,1H3. The second-order valence-corrected chi connectivity index (χ2v) is 12.8. The lowest BCUT2D eigenvalue weighted by molar-refractivity contribution is -0.154. The number of benzene rings is 1. The summed E-state index contributed by atoms with van der Waals surface area (Å²) in [5.74, 6) is 1.21. The van der Waals surface area contributed by atoms with Gasteiger partial charge >= 0.3 is 0 Å². The number of likely N-dealkylation sites (tertiary alicyclic amines) is 1. The molecule has 1 aromatic carbocycles. The highest BCUT2D eigenvalue weighted by Crippen LogP contribution is 2.45. The van der Waals surface area contributed by atoms with E-state index in [1.807, 2.05) is 6.07 Å². The zero-order chi connectivity index (χ0) is 26.1. The first kappa shape index (κ1) is 25.6. The highest BCUT2D eigenvalue weighted by atomic mass is 32.1. The van der Waals surface area contributed by atoms with Crippen molar-refractivity contribution in [1.29, 1.82) is 0 Å². The Bertz CT molecular complexity index is 1200. The topological polar surface area (TPSA) is 68.2 Å². The second kappa shape index (κ2) is 10.8. The van der Waals surface area contributed by atoms with Crippen LogP contribution in [0.1, 0.15) is 68.2 Å². The van der Waals surface area contributed by atoms with E-state index in [2.05, 4.69) is 46.3 Å². The van der Waals surface area contributed by atoms with Gasteiger partial charge in [-0.15, -0.1) is 11.3 Å². The first-order valence-electron chi connectivity index (χ1n) is 14.4. The minimum absolute atomic E-state index is 0.0230. The number of rotatable bonds is 5. The van der Waals surface area contributed by atoms with Crippen molar-refractivity contribution < 1.29 is 9.59 Å². The van der Waals surface area contributed by atoms with E-state index >= 15 is 0 Å². The van der Waals surface area contributed by atoms with E-state index in [0.717, 1.165) is 75.6 Å². The molecule has 2 amide bonds. The monoisotopic (exact) mass is 533 g/mol. The summed E-state index contributed by atoms with van der Waals surface area (Å²) < 4.78 is 0. The highest BCUT2D eigenvalue weighted by molar-refractivity contribution is 7.16. The number of hydrogen-bond donors (Lipinski definition) is 1. The van der Waals surface area contributed by atoms with Gasteiger partial charge in [0, 0.05) is 50.4 Å². The summed E-state index contributed by atoms with van der Waals surface area (Å²) in [6.07, 6.45) is 8.73. The summed E-state index contributed by atoms with van der Waals surface area (Å²) in [5, 5.41) is 4.77. The van der Waals surface area contributed by atoms with E-state index in [1.165, 1.54) is 34.7 Å². The number of amides is 2. The molecule has 1 aliphatic carbocycles. The van der Waals surface area contributed by atoms with Crippen LogP contribution in [0.5, 0.6) is 0 Å². The summed E-state index contributed by atoms with van der Waals surface area (Å²) in [6, 6.07) is 10.5. The van der Waals surface area contributed by atoms with Crippen LogP contribution in [0.15, 0.2) is 35.3 Å². The number of piperidine rings is 1. The number of hydrogen-bond acceptors (Lipinski definition) is 7. The average Bonchev–Trinajstić information content (AvgIpc) is 3.20. The van der Waals surface area contributed by atoms with Crippen molar-refractivity contribution in [2.24, 2.45) is 10.4 Å². The average molecular weight is 534 g/mol. The van der Waals surface area contributed by atoms with Gasteiger partial charge in [0.05, 0.1) is 16.9 Å². The normalized spacial score (nSPS) is 21.6. The molecule has 1 N–H and O–H groups in total. The van der Waals surface area contributed by atoms with E-state index in [4.69, 9.17) is 4.99 Å². The molecule has 6 rings (SSSR count). The number of para-hydroxylation sites is 2. The Morgan fingerprint density at radius 2 is 1.66 bits per heavy atom. The number of thiophene rings is 1. The number of carbonyl (C=O) groups is 2. The molecule has 0 unspecified atom stereocenters. The van der Waals surface area contributed by atoms with Crippen molar-refractivity contribution in [3.05, 3.63) is 40.8 Å². The van der Waals surface area contributed by atoms with Gasteiger partial charge in [-0.25, -0.2) is 4.99 Å². The van der Waals surface area contributed by atoms with Crippen LogP contribution in [-0.4, -0.2) is 71.6 Å². The molecule has 0 radical (unpaired) electrons. The molecule has 7 nitrogen and oxygen atoms in total. The second-order valence-electron chi connectivity index (χ2n) is 11.6. The number of imide groups is 1. The molecule has 2 saturated heterocycles. The van der Waals surface area contributed by atoms with Crippen molar-refractivity contribution in [1.82, 2.24) is 14.7 Å². The maximum atomic E-state index is 12.8. The van der Waals surface area contributed by atoms with E-state index in [0.29, 0.717) is 19.4 Å². The maximum absolute atomic E-state index is 12.8. The Kier molecular flexibility index (Phi) is 7.27. The number of nitrogens with zero attached hydrogens (tertiary/aromatic N) is 4. The van der Waals surface area contributed by atoms with Crippen LogP contribution in [-0.2, 0) is 9.59 Å². The van der Waals surface area contributed by atoms with Crippen molar-refractivity contribution >= 4 is 45.4 Å². The highest BCUT2D eigenvalue weighted by Gasteiger charge is 2.43. The van der Waals surface area contributed by atoms with E-state index in [1.54, 1.807) is 16.2 Å². The summed E-state index contributed by atoms with van der Waals surface area (Å²) in [7, 11) is 0. The fourth-order valence-corrected chi connectivity index (χ4v) is 7.63. The Morgan fingerprint density at radius 1 is 0.947 bits per heavy atom. The lowest BCUT2D eigenvalue weighted by Gasteiger charge is -2.42. The number of carbonyl (C=O) groups excluding carboxylic acids is 2. The number of aliphatic imine (C=N–C) groups is 1.